The maximum Gasteiger partial charge on any atom is 0.148 e. The van der Waals surface area contributed by atoms with E-state index in [1.54, 1.807) is 0 Å². The van der Waals surface area contributed by atoms with E-state index in [0.29, 0.717) is 12.1 Å². The molecule has 1 aromatic rings. The van der Waals surface area contributed by atoms with Gasteiger partial charge in [-0.3, -0.25) is 4.68 Å². The number of hydrogen-bond donors (Lipinski definition) is 1. The first-order valence-corrected chi connectivity index (χ1v) is 6.95. The predicted molar refractivity (Wildman–Crippen MR) is 74.5 cm³/mol. The van der Waals surface area contributed by atoms with Gasteiger partial charge in [0.2, 0.25) is 0 Å². The van der Waals surface area contributed by atoms with Gasteiger partial charge in [-0.1, -0.05) is 32.6 Å². The van der Waals surface area contributed by atoms with E-state index >= 15 is 0 Å². The molecule has 1 heterocycles. The molecule has 0 bridgehead atoms. The number of rotatable bonds is 8. The highest BCUT2D eigenvalue weighted by Crippen LogP contribution is 2.12. The largest absolute Gasteiger partial charge is 0.366 e. The second-order valence-electron chi connectivity index (χ2n) is 5.17. The first-order chi connectivity index (χ1) is 8.13. The van der Waals surface area contributed by atoms with Gasteiger partial charge in [0, 0.05) is 24.3 Å². The summed E-state index contributed by atoms with van der Waals surface area (Å²) in [4.78, 5) is 0. The van der Waals surface area contributed by atoms with Crippen LogP contribution in [0.15, 0.2) is 12.3 Å². The van der Waals surface area contributed by atoms with Gasteiger partial charge in [0.05, 0.1) is 0 Å². The number of hydrogen-bond acceptors (Lipinski definition) is 2. The van der Waals surface area contributed by atoms with Crippen molar-refractivity contribution >= 4 is 5.82 Å². The zero-order chi connectivity index (χ0) is 12.7. The van der Waals surface area contributed by atoms with Gasteiger partial charge < -0.3 is 5.32 Å². The topological polar surface area (TPSA) is 29.9 Å². The van der Waals surface area contributed by atoms with Crippen LogP contribution in [0.1, 0.15) is 65.8 Å². The van der Waals surface area contributed by atoms with Crippen LogP contribution in [-0.4, -0.2) is 15.8 Å². The molecule has 3 heteroatoms. The van der Waals surface area contributed by atoms with Crippen molar-refractivity contribution in [2.24, 2.45) is 0 Å². The molecule has 98 valence electrons. The fourth-order valence-electron chi connectivity index (χ4n) is 1.90. The Morgan fingerprint density at radius 1 is 1.24 bits per heavy atom. The fourth-order valence-corrected chi connectivity index (χ4v) is 1.90. The standard InChI is InChI=1S/C14H27N3/c1-5-6-7-8-9-13(4)15-14-10-11-17(16-14)12(2)3/h10-13H,5-9H2,1-4H3,(H,15,16). The van der Waals surface area contributed by atoms with Crippen LogP contribution in [0.25, 0.3) is 0 Å². The molecule has 3 nitrogen and oxygen atoms in total. The Labute approximate surface area is 106 Å². The SMILES string of the molecule is CCCCCCC(C)Nc1ccn(C(C)C)n1. The van der Waals surface area contributed by atoms with Crippen molar-refractivity contribution in [2.45, 2.75) is 71.9 Å². The summed E-state index contributed by atoms with van der Waals surface area (Å²) < 4.78 is 1.99. The van der Waals surface area contributed by atoms with Gasteiger partial charge in [-0.15, -0.1) is 0 Å². The molecule has 1 aromatic heterocycles. The predicted octanol–water partition coefficient (Wildman–Crippen LogP) is 4.23. The second kappa shape index (κ2) is 7.36. The Hall–Kier alpha value is -0.990. The summed E-state index contributed by atoms with van der Waals surface area (Å²) in [5.41, 5.74) is 0. The summed E-state index contributed by atoms with van der Waals surface area (Å²) in [6, 6.07) is 3.01. The molecule has 0 aliphatic heterocycles. The Kier molecular flexibility index (Phi) is 6.09. The molecule has 0 radical (unpaired) electrons. The van der Waals surface area contributed by atoms with Gasteiger partial charge in [0.15, 0.2) is 0 Å². The van der Waals surface area contributed by atoms with E-state index in [9.17, 15) is 0 Å². The van der Waals surface area contributed by atoms with Crippen LogP contribution in [0.2, 0.25) is 0 Å². The third-order valence-corrected chi connectivity index (χ3v) is 3.02. The highest BCUT2D eigenvalue weighted by molar-refractivity contribution is 5.33. The van der Waals surface area contributed by atoms with Gasteiger partial charge >= 0.3 is 0 Å². The van der Waals surface area contributed by atoms with Crippen molar-refractivity contribution in [3.63, 3.8) is 0 Å². The minimum atomic E-state index is 0.436. The van der Waals surface area contributed by atoms with E-state index in [1.807, 2.05) is 10.9 Å². The minimum absolute atomic E-state index is 0.436. The molecule has 17 heavy (non-hydrogen) atoms. The first-order valence-electron chi connectivity index (χ1n) is 6.95. The maximum absolute atomic E-state index is 4.50. The quantitative estimate of drug-likeness (QED) is 0.685. The van der Waals surface area contributed by atoms with Crippen LogP contribution >= 0.6 is 0 Å². The molecule has 0 fully saturated rings. The van der Waals surface area contributed by atoms with Crippen molar-refractivity contribution in [3.8, 4) is 0 Å². The lowest BCUT2D eigenvalue weighted by Crippen LogP contribution is -2.15. The minimum Gasteiger partial charge on any atom is -0.366 e. The zero-order valence-electron chi connectivity index (χ0n) is 11.7. The molecule has 0 aliphatic carbocycles. The molecule has 0 amide bonds. The molecule has 1 atom stereocenters. The van der Waals surface area contributed by atoms with Gasteiger partial charge in [-0.25, -0.2) is 0 Å². The van der Waals surface area contributed by atoms with E-state index in [4.69, 9.17) is 0 Å². The highest BCUT2D eigenvalue weighted by Gasteiger charge is 2.05. The van der Waals surface area contributed by atoms with E-state index in [2.05, 4.69) is 44.2 Å². The summed E-state index contributed by atoms with van der Waals surface area (Å²) in [5.74, 6) is 1.00. The number of unbranched alkanes of at least 4 members (excludes halogenated alkanes) is 3. The number of nitrogens with one attached hydrogen (secondary N) is 1. The Morgan fingerprint density at radius 3 is 2.59 bits per heavy atom. The lowest BCUT2D eigenvalue weighted by Gasteiger charge is -2.13. The summed E-state index contributed by atoms with van der Waals surface area (Å²) in [5, 5.41) is 7.96. The average molecular weight is 237 g/mol. The monoisotopic (exact) mass is 237 g/mol. The smallest absolute Gasteiger partial charge is 0.148 e. The third kappa shape index (κ3) is 5.24. The number of anilines is 1. The lowest BCUT2D eigenvalue weighted by molar-refractivity contribution is 0.531. The van der Waals surface area contributed by atoms with E-state index in [0.717, 1.165) is 5.82 Å². The summed E-state index contributed by atoms with van der Waals surface area (Å²) in [6.07, 6.45) is 8.59. The Morgan fingerprint density at radius 2 is 2.00 bits per heavy atom. The Balaban J connectivity index is 2.27. The normalized spacial score (nSPS) is 13.0. The van der Waals surface area contributed by atoms with Gasteiger partial charge in [-0.05, 0) is 27.2 Å². The maximum atomic E-state index is 4.50. The molecular formula is C14H27N3. The van der Waals surface area contributed by atoms with Crippen LogP contribution in [0.5, 0.6) is 0 Å². The Bertz CT molecular complexity index is 304. The average Bonchev–Trinajstić information content (AvgIpc) is 2.73. The van der Waals surface area contributed by atoms with Crippen LogP contribution in [-0.2, 0) is 0 Å². The van der Waals surface area contributed by atoms with Crippen LogP contribution in [0.3, 0.4) is 0 Å². The molecule has 0 spiro atoms. The van der Waals surface area contributed by atoms with E-state index < -0.39 is 0 Å². The molecule has 0 saturated heterocycles. The van der Waals surface area contributed by atoms with Crippen molar-refractivity contribution in [1.82, 2.24) is 9.78 Å². The number of aromatic nitrogens is 2. The first kappa shape index (κ1) is 14.1. The zero-order valence-corrected chi connectivity index (χ0v) is 11.7. The molecule has 0 aromatic carbocycles. The number of nitrogens with zero attached hydrogens (tertiary/aromatic N) is 2. The van der Waals surface area contributed by atoms with E-state index in [-0.39, 0.29) is 0 Å². The molecule has 1 unspecified atom stereocenters. The van der Waals surface area contributed by atoms with Crippen molar-refractivity contribution in [1.29, 1.82) is 0 Å². The summed E-state index contributed by atoms with van der Waals surface area (Å²) in [7, 11) is 0. The second-order valence-corrected chi connectivity index (χ2v) is 5.17. The van der Waals surface area contributed by atoms with E-state index in [1.165, 1.54) is 32.1 Å². The molecule has 1 N–H and O–H groups in total. The summed E-state index contributed by atoms with van der Waals surface area (Å²) >= 11 is 0. The van der Waals surface area contributed by atoms with Crippen molar-refractivity contribution < 1.29 is 0 Å². The molecule has 1 rings (SSSR count). The summed E-state index contributed by atoms with van der Waals surface area (Å²) in [6.45, 7) is 8.77. The molecule has 0 aliphatic rings. The van der Waals surface area contributed by atoms with Crippen LogP contribution < -0.4 is 5.32 Å². The fraction of sp³-hybridized carbons (Fsp3) is 0.786. The van der Waals surface area contributed by atoms with Crippen LogP contribution in [0, 0.1) is 0 Å². The van der Waals surface area contributed by atoms with Crippen LogP contribution in [0.4, 0.5) is 5.82 Å². The van der Waals surface area contributed by atoms with Crippen molar-refractivity contribution in [3.05, 3.63) is 12.3 Å². The van der Waals surface area contributed by atoms with Gasteiger partial charge in [0.1, 0.15) is 5.82 Å². The van der Waals surface area contributed by atoms with Crippen molar-refractivity contribution in [2.75, 3.05) is 5.32 Å². The molecule has 0 saturated carbocycles. The third-order valence-electron chi connectivity index (χ3n) is 3.02. The molecular weight excluding hydrogens is 210 g/mol. The van der Waals surface area contributed by atoms with Gasteiger partial charge in [0.25, 0.3) is 0 Å². The lowest BCUT2D eigenvalue weighted by atomic mass is 10.1. The highest BCUT2D eigenvalue weighted by atomic mass is 15.3. The van der Waals surface area contributed by atoms with Gasteiger partial charge in [-0.2, -0.15) is 5.10 Å².